The van der Waals surface area contributed by atoms with Gasteiger partial charge >= 0.3 is 0 Å². The van der Waals surface area contributed by atoms with Crippen molar-refractivity contribution >= 4 is 17.2 Å². The Kier molecular flexibility index (Phi) is 5.60. The van der Waals surface area contributed by atoms with Crippen molar-refractivity contribution in [1.82, 2.24) is 5.32 Å². The Hall–Kier alpha value is -1.35. The van der Waals surface area contributed by atoms with Gasteiger partial charge in [-0.1, -0.05) is 11.8 Å². The summed E-state index contributed by atoms with van der Waals surface area (Å²) in [7, 11) is 0. The van der Waals surface area contributed by atoms with E-state index in [4.69, 9.17) is 5.11 Å². The summed E-state index contributed by atoms with van der Waals surface area (Å²) in [6, 6.07) is 1.94. The summed E-state index contributed by atoms with van der Waals surface area (Å²) in [4.78, 5) is 12.9. The number of carbonyl (C=O) groups is 1. The molecule has 0 spiro atoms. The van der Waals surface area contributed by atoms with E-state index in [9.17, 15) is 9.90 Å². The molecule has 1 aromatic rings. The number of hydrogen-bond acceptors (Lipinski definition) is 4. The minimum Gasteiger partial charge on any atom is -0.395 e. The predicted molar refractivity (Wildman–Crippen MR) is 78.6 cm³/mol. The van der Waals surface area contributed by atoms with Crippen LogP contribution in [0.2, 0.25) is 0 Å². The number of amides is 1. The molecule has 1 amide bonds. The largest absolute Gasteiger partial charge is 0.395 e. The van der Waals surface area contributed by atoms with Crippen molar-refractivity contribution in [3.63, 3.8) is 0 Å². The van der Waals surface area contributed by atoms with E-state index in [1.807, 2.05) is 0 Å². The molecule has 0 unspecified atom stereocenters. The second-order valence-corrected chi connectivity index (χ2v) is 5.87. The monoisotopic (exact) mass is 293 g/mol. The molecule has 108 valence electrons. The van der Waals surface area contributed by atoms with E-state index in [0.717, 1.165) is 30.6 Å². The minimum absolute atomic E-state index is 0.0548. The van der Waals surface area contributed by atoms with Gasteiger partial charge in [-0.2, -0.15) is 0 Å². The van der Waals surface area contributed by atoms with Gasteiger partial charge in [-0.25, -0.2) is 0 Å². The predicted octanol–water partition coefficient (Wildman–Crippen LogP) is 1.52. The van der Waals surface area contributed by atoms with Gasteiger partial charge in [0.25, 0.3) is 5.91 Å². The molecular formula is C15H19NO3S. The molecular weight excluding hydrogens is 274 g/mol. The van der Waals surface area contributed by atoms with Crippen LogP contribution < -0.4 is 5.32 Å². The summed E-state index contributed by atoms with van der Waals surface area (Å²) in [5, 5.41) is 22.9. The van der Waals surface area contributed by atoms with E-state index >= 15 is 0 Å². The standard InChI is InChI=1S/C15H19NO3S/c17-8-2-1-3-14-9-11(10-20-14)15(19)16-12-4-6-13(18)7-5-12/h9-10,12-13,17-18H,2,4-8H2,(H,16,19). The Morgan fingerprint density at radius 2 is 2.15 bits per heavy atom. The SMILES string of the molecule is O=C(NC1CCC(O)CC1)c1csc(C#CCCO)c1. The number of rotatable bonds is 3. The number of aliphatic hydroxyl groups excluding tert-OH is 2. The van der Waals surface area contributed by atoms with Gasteiger partial charge in [-0.3, -0.25) is 4.79 Å². The molecule has 0 aromatic carbocycles. The maximum atomic E-state index is 12.1. The molecule has 1 fully saturated rings. The van der Waals surface area contributed by atoms with Crippen LogP contribution in [0, 0.1) is 11.8 Å². The average Bonchev–Trinajstić information content (AvgIpc) is 2.91. The van der Waals surface area contributed by atoms with Gasteiger partial charge in [-0.05, 0) is 31.7 Å². The van der Waals surface area contributed by atoms with Crippen LogP contribution in [0.1, 0.15) is 47.3 Å². The first-order valence-electron chi connectivity index (χ1n) is 6.86. The molecule has 1 saturated carbocycles. The first kappa shape index (κ1) is 15.0. The van der Waals surface area contributed by atoms with Gasteiger partial charge in [0.1, 0.15) is 0 Å². The summed E-state index contributed by atoms with van der Waals surface area (Å²) in [5.74, 6) is 5.70. The van der Waals surface area contributed by atoms with Crippen LogP contribution in [0.3, 0.4) is 0 Å². The molecule has 1 aromatic heterocycles. The lowest BCUT2D eigenvalue weighted by atomic mass is 9.93. The number of thiophene rings is 1. The van der Waals surface area contributed by atoms with Crippen molar-refractivity contribution < 1.29 is 15.0 Å². The molecule has 1 aliphatic rings. The van der Waals surface area contributed by atoms with Crippen LogP contribution in [0.25, 0.3) is 0 Å². The van der Waals surface area contributed by atoms with Crippen molar-refractivity contribution in [2.75, 3.05) is 6.61 Å². The zero-order valence-corrected chi connectivity index (χ0v) is 12.1. The average molecular weight is 293 g/mol. The quantitative estimate of drug-likeness (QED) is 0.740. The molecule has 2 rings (SSSR count). The lowest BCUT2D eigenvalue weighted by Crippen LogP contribution is -2.38. The normalized spacial score (nSPS) is 21.9. The summed E-state index contributed by atoms with van der Waals surface area (Å²) in [6.07, 6.45) is 3.42. The van der Waals surface area contributed by atoms with Crippen molar-refractivity contribution in [3.05, 3.63) is 21.9 Å². The fourth-order valence-corrected chi connectivity index (χ4v) is 2.97. The van der Waals surface area contributed by atoms with Crippen LogP contribution >= 0.6 is 11.3 Å². The third-order valence-electron chi connectivity index (χ3n) is 3.34. The van der Waals surface area contributed by atoms with Gasteiger partial charge < -0.3 is 15.5 Å². The first-order chi connectivity index (χ1) is 9.69. The molecule has 0 saturated heterocycles. The Morgan fingerprint density at radius 1 is 1.40 bits per heavy atom. The maximum absolute atomic E-state index is 12.1. The van der Waals surface area contributed by atoms with E-state index in [2.05, 4.69) is 17.2 Å². The highest BCUT2D eigenvalue weighted by atomic mass is 32.1. The van der Waals surface area contributed by atoms with E-state index in [0.29, 0.717) is 12.0 Å². The first-order valence-corrected chi connectivity index (χ1v) is 7.74. The number of aliphatic hydroxyl groups is 2. The van der Waals surface area contributed by atoms with Crippen LogP contribution in [0.15, 0.2) is 11.4 Å². The minimum atomic E-state index is -0.210. The number of nitrogens with one attached hydrogen (secondary N) is 1. The van der Waals surface area contributed by atoms with Crippen LogP contribution in [-0.2, 0) is 0 Å². The van der Waals surface area contributed by atoms with Crippen LogP contribution in [0.5, 0.6) is 0 Å². The molecule has 3 N–H and O–H groups in total. The zero-order chi connectivity index (χ0) is 14.4. The molecule has 4 nitrogen and oxygen atoms in total. The molecule has 20 heavy (non-hydrogen) atoms. The van der Waals surface area contributed by atoms with Gasteiger partial charge in [-0.15, -0.1) is 11.3 Å². The smallest absolute Gasteiger partial charge is 0.252 e. The van der Waals surface area contributed by atoms with Crippen LogP contribution in [0.4, 0.5) is 0 Å². The molecule has 0 aliphatic heterocycles. The maximum Gasteiger partial charge on any atom is 0.252 e. The fraction of sp³-hybridized carbons (Fsp3) is 0.533. The Morgan fingerprint density at radius 3 is 2.85 bits per heavy atom. The summed E-state index contributed by atoms with van der Waals surface area (Å²) < 4.78 is 0. The summed E-state index contributed by atoms with van der Waals surface area (Å²) in [6.45, 7) is 0.0548. The van der Waals surface area contributed by atoms with Crippen LogP contribution in [-0.4, -0.2) is 34.9 Å². The second kappa shape index (κ2) is 7.44. The molecule has 0 radical (unpaired) electrons. The summed E-state index contributed by atoms with van der Waals surface area (Å²) in [5.41, 5.74) is 0.634. The number of hydrogen-bond donors (Lipinski definition) is 3. The molecule has 5 heteroatoms. The highest BCUT2D eigenvalue weighted by Crippen LogP contribution is 2.19. The Bertz CT molecular complexity index is 507. The highest BCUT2D eigenvalue weighted by molar-refractivity contribution is 7.10. The summed E-state index contributed by atoms with van der Waals surface area (Å²) >= 11 is 1.43. The third kappa shape index (κ3) is 4.34. The molecule has 0 atom stereocenters. The lowest BCUT2D eigenvalue weighted by molar-refractivity contribution is 0.0868. The van der Waals surface area contributed by atoms with Gasteiger partial charge in [0.05, 0.1) is 23.2 Å². The van der Waals surface area contributed by atoms with Gasteiger partial charge in [0.15, 0.2) is 0 Å². The van der Waals surface area contributed by atoms with Gasteiger partial charge in [0, 0.05) is 17.8 Å². The number of carbonyl (C=O) groups excluding carboxylic acids is 1. The fourth-order valence-electron chi connectivity index (χ4n) is 2.22. The van der Waals surface area contributed by atoms with Crippen molar-refractivity contribution in [1.29, 1.82) is 0 Å². The second-order valence-electron chi connectivity index (χ2n) is 4.95. The van der Waals surface area contributed by atoms with E-state index in [1.54, 1.807) is 11.4 Å². The van der Waals surface area contributed by atoms with E-state index in [1.165, 1.54) is 11.3 Å². The van der Waals surface area contributed by atoms with Crippen molar-refractivity contribution in [2.24, 2.45) is 0 Å². The van der Waals surface area contributed by atoms with Crippen molar-refractivity contribution in [2.45, 2.75) is 44.2 Å². The molecule has 0 bridgehead atoms. The third-order valence-corrected chi connectivity index (χ3v) is 4.19. The molecule has 1 aliphatic carbocycles. The highest BCUT2D eigenvalue weighted by Gasteiger charge is 2.21. The topological polar surface area (TPSA) is 69.6 Å². The Balaban J connectivity index is 1.88. The van der Waals surface area contributed by atoms with Crippen molar-refractivity contribution in [3.8, 4) is 11.8 Å². The van der Waals surface area contributed by atoms with E-state index in [-0.39, 0.29) is 24.7 Å². The van der Waals surface area contributed by atoms with Gasteiger partial charge in [0.2, 0.25) is 0 Å². The lowest BCUT2D eigenvalue weighted by Gasteiger charge is -2.25. The Labute approximate surface area is 122 Å². The molecule has 1 heterocycles. The van der Waals surface area contributed by atoms with E-state index < -0.39 is 0 Å². The zero-order valence-electron chi connectivity index (χ0n) is 11.3.